The number of nitrogens with zero attached hydrogens (tertiary/aromatic N) is 4. The monoisotopic (exact) mass is 356 g/mol. The number of aromatic nitrogens is 2. The minimum absolute atomic E-state index is 0.0826. The maximum atomic E-state index is 12.5. The number of halogens is 2. The van der Waals surface area contributed by atoms with E-state index in [0.29, 0.717) is 21.8 Å². The third-order valence-corrected chi connectivity index (χ3v) is 4.16. The Bertz CT molecular complexity index is 789. The maximum absolute atomic E-state index is 12.5. The van der Waals surface area contributed by atoms with Crippen LogP contribution in [0.4, 0.5) is 5.69 Å². The number of amides is 1. The number of hydrogen-bond acceptors (Lipinski definition) is 4. The van der Waals surface area contributed by atoms with Gasteiger partial charge in [-0.05, 0) is 18.6 Å². The van der Waals surface area contributed by atoms with Crippen LogP contribution in [0.25, 0.3) is 0 Å². The van der Waals surface area contributed by atoms with Crippen LogP contribution in [0, 0.1) is 17.0 Å². The smallest absolute Gasteiger partial charge is 0.269 e. The van der Waals surface area contributed by atoms with Crippen molar-refractivity contribution in [2.75, 3.05) is 7.05 Å². The van der Waals surface area contributed by atoms with Gasteiger partial charge in [-0.2, -0.15) is 5.10 Å². The number of carbonyl (C=O) groups excluding carboxylic acids is 1. The number of nitro groups is 1. The molecule has 0 fully saturated rings. The lowest BCUT2D eigenvalue weighted by Gasteiger charge is -2.18. The van der Waals surface area contributed by atoms with E-state index >= 15 is 0 Å². The van der Waals surface area contributed by atoms with Crippen molar-refractivity contribution in [2.24, 2.45) is 7.05 Å². The Labute approximate surface area is 142 Å². The second-order valence-electron chi connectivity index (χ2n) is 5.07. The van der Waals surface area contributed by atoms with Crippen LogP contribution in [0.15, 0.2) is 18.2 Å². The minimum Gasteiger partial charge on any atom is -0.337 e. The van der Waals surface area contributed by atoms with E-state index in [9.17, 15) is 14.9 Å². The molecule has 122 valence electrons. The molecule has 0 bridgehead atoms. The van der Waals surface area contributed by atoms with Crippen molar-refractivity contribution in [3.05, 3.63) is 55.3 Å². The van der Waals surface area contributed by atoms with Gasteiger partial charge in [0.2, 0.25) is 0 Å². The third kappa shape index (κ3) is 3.46. The predicted molar refractivity (Wildman–Crippen MR) is 86.9 cm³/mol. The molecule has 0 radical (unpaired) electrons. The number of nitro benzene ring substituents is 1. The zero-order valence-electron chi connectivity index (χ0n) is 12.7. The van der Waals surface area contributed by atoms with Crippen LogP contribution in [0.1, 0.15) is 21.6 Å². The molecular formula is C14H14Cl2N4O3. The van der Waals surface area contributed by atoms with Crippen molar-refractivity contribution < 1.29 is 9.72 Å². The summed E-state index contributed by atoms with van der Waals surface area (Å²) in [5.74, 6) is -0.330. The lowest BCUT2D eigenvalue weighted by atomic mass is 10.1. The van der Waals surface area contributed by atoms with E-state index < -0.39 is 4.92 Å². The van der Waals surface area contributed by atoms with Crippen LogP contribution in [-0.2, 0) is 13.6 Å². The summed E-state index contributed by atoms with van der Waals surface area (Å²) in [7, 11) is 3.21. The lowest BCUT2D eigenvalue weighted by Crippen LogP contribution is -2.27. The highest BCUT2D eigenvalue weighted by Crippen LogP contribution is 2.25. The second kappa shape index (κ2) is 6.55. The highest BCUT2D eigenvalue weighted by molar-refractivity contribution is 6.33. The molecule has 0 N–H and O–H groups in total. The molecular weight excluding hydrogens is 343 g/mol. The molecule has 0 aliphatic rings. The summed E-state index contributed by atoms with van der Waals surface area (Å²) in [6.07, 6.45) is 0. The van der Waals surface area contributed by atoms with Crippen molar-refractivity contribution in [3.8, 4) is 0 Å². The van der Waals surface area contributed by atoms with E-state index in [1.54, 1.807) is 21.0 Å². The summed E-state index contributed by atoms with van der Waals surface area (Å²) >= 11 is 12.2. The number of rotatable bonds is 4. The standard InChI is InChI=1S/C14H14Cl2N4O3/c1-8-12(13(16)19(3)17-8)14(21)18(2)7-9-6-10(20(22)23)4-5-11(9)15/h4-6H,7H2,1-3H3. The third-order valence-electron chi connectivity index (χ3n) is 3.36. The molecule has 0 unspecified atom stereocenters. The van der Waals surface area contributed by atoms with Crippen molar-refractivity contribution in [1.82, 2.24) is 14.7 Å². The van der Waals surface area contributed by atoms with E-state index in [1.807, 2.05) is 0 Å². The van der Waals surface area contributed by atoms with Gasteiger partial charge in [-0.15, -0.1) is 0 Å². The van der Waals surface area contributed by atoms with Crippen LogP contribution >= 0.6 is 23.2 Å². The maximum Gasteiger partial charge on any atom is 0.269 e. The summed E-state index contributed by atoms with van der Waals surface area (Å²) in [6, 6.07) is 4.11. The van der Waals surface area contributed by atoms with Crippen molar-refractivity contribution >= 4 is 34.8 Å². The molecule has 1 amide bonds. The predicted octanol–water partition coefficient (Wildman–Crippen LogP) is 3.22. The molecule has 1 heterocycles. The molecule has 2 aromatic rings. The quantitative estimate of drug-likeness (QED) is 0.622. The average Bonchev–Trinajstić information content (AvgIpc) is 2.73. The zero-order chi connectivity index (χ0) is 17.3. The fraction of sp³-hybridized carbons (Fsp3) is 0.286. The Hall–Kier alpha value is -2.12. The van der Waals surface area contributed by atoms with Gasteiger partial charge in [0.1, 0.15) is 5.15 Å². The van der Waals surface area contributed by atoms with Crippen LogP contribution in [0.5, 0.6) is 0 Å². The molecule has 1 aromatic heterocycles. The number of aryl methyl sites for hydroxylation is 2. The minimum atomic E-state index is -0.510. The number of non-ortho nitro benzene ring substituents is 1. The largest absolute Gasteiger partial charge is 0.337 e. The van der Waals surface area contributed by atoms with Gasteiger partial charge in [0.15, 0.2) is 0 Å². The molecule has 0 saturated heterocycles. The van der Waals surface area contributed by atoms with E-state index in [-0.39, 0.29) is 23.3 Å². The van der Waals surface area contributed by atoms with Crippen LogP contribution in [0.3, 0.4) is 0 Å². The number of benzene rings is 1. The van der Waals surface area contributed by atoms with Gasteiger partial charge in [0.05, 0.1) is 16.2 Å². The fourth-order valence-electron chi connectivity index (χ4n) is 2.19. The summed E-state index contributed by atoms with van der Waals surface area (Å²) in [5.41, 5.74) is 1.22. The Morgan fingerprint density at radius 1 is 1.43 bits per heavy atom. The average molecular weight is 357 g/mol. The Balaban J connectivity index is 2.28. The normalized spacial score (nSPS) is 10.7. The molecule has 0 aliphatic heterocycles. The Morgan fingerprint density at radius 2 is 2.09 bits per heavy atom. The Morgan fingerprint density at radius 3 is 2.61 bits per heavy atom. The molecule has 0 saturated carbocycles. The van der Waals surface area contributed by atoms with Gasteiger partial charge < -0.3 is 4.90 Å². The highest BCUT2D eigenvalue weighted by atomic mass is 35.5. The zero-order valence-corrected chi connectivity index (χ0v) is 14.2. The van der Waals surface area contributed by atoms with Gasteiger partial charge in [-0.3, -0.25) is 19.6 Å². The summed E-state index contributed by atoms with van der Waals surface area (Å²) < 4.78 is 1.41. The molecule has 23 heavy (non-hydrogen) atoms. The molecule has 0 aliphatic carbocycles. The number of hydrogen-bond donors (Lipinski definition) is 0. The van der Waals surface area contributed by atoms with E-state index in [4.69, 9.17) is 23.2 Å². The molecule has 0 atom stereocenters. The van der Waals surface area contributed by atoms with E-state index in [2.05, 4.69) is 5.10 Å². The van der Waals surface area contributed by atoms with Gasteiger partial charge in [0.25, 0.3) is 11.6 Å². The Kier molecular flexibility index (Phi) is 4.91. The first kappa shape index (κ1) is 17.2. The topological polar surface area (TPSA) is 81.3 Å². The van der Waals surface area contributed by atoms with Gasteiger partial charge >= 0.3 is 0 Å². The number of carbonyl (C=O) groups is 1. The molecule has 2 rings (SSSR count). The van der Waals surface area contributed by atoms with Crippen LogP contribution in [-0.4, -0.2) is 32.6 Å². The summed E-state index contributed by atoms with van der Waals surface area (Å²) in [5, 5.41) is 15.5. The first-order valence-electron chi connectivity index (χ1n) is 6.59. The SMILES string of the molecule is Cc1nn(C)c(Cl)c1C(=O)N(C)Cc1cc([N+](=O)[O-])ccc1Cl. The molecule has 7 nitrogen and oxygen atoms in total. The van der Waals surface area contributed by atoms with Crippen molar-refractivity contribution in [3.63, 3.8) is 0 Å². The first-order chi connectivity index (χ1) is 10.7. The van der Waals surface area contributed by atoms with Gasteiger partial charge in [0, 0.05) is 37.8 Å². The summed E-state index contributed by atoms with van der Waals surface area (Å²) in [4.78, 5) is 24.3. The highest BCUT2D eigenvalue weighted by Gasteiger charge is 2.23. The summed E-state index contributed by atoms with van der Waals surface area (Å²) in [6.45, 7) is 1.80. The van der Waals surface area contributed by atoms with Gasteiger partial charge in [-0.25, -0.2) is 0 Å². The fourth-order valence-corrected chi connectivity index (χ4v) is 2.62. The van der Waals surface area contributed by atoms with Crippen molar-refractivity contribution in [1.29, 1.82) is 0 Å². The van der Waals surface area contributed by atoms with Crippen LogP contribution < -0.4 is 0 Å². The van der Waals surface area contributed by atoms with E-state index in [0.717, 1.165) is 0 Å². The lowest BCUT2D eigenvalue weighted by molar-refractivity contribution is -0.384. The van der Waals surface area contributed by atoms with E-state index in [1.165, 1.54) is 27.8 Å². The molecule has 1 aromatic carbocycles. The van der Waals surface area contributed by atoms with Crippen molar-refractivity contribution in [2.45, 2.75) is 13.5 Å². The first-order valence-corrected chi connectivity index (χ1v) is 7.35. The van der Waals surface area contributed by atoms with Crippen LogP contribution in [0.2, 0.25) is 10.2 Å². The van der Waals surface area contributed by atoms with Gasteiger partial charge in [-0.1, -0.05) is 23.2 Å². The molecule has 9 heteroatoms. The second-order valence-corrected chi connectivity index (χ2v) is 5.83. The molecule has 0 spiro atoms.